The first-order valence-corrected chi connectivity index (χ1v) is 5.35. The normalized spacial score (nSPS) is 12.7. The molecule has 0 aliphatic heterocycles. The molecular weight excluding hydrogens is 206 g/mol. The lowest BCUT2D eigenvalue weighted by Gasteiger charge is -2.16. The van der Waals surface area contributed by atoms with E-state index in [-0.39, 0.29) is 5.92 Å². The summed E-state index contributed by atoms with van der Waals surface area (Å²) >= 11 is 0. The van der Waals surface area contributed by atoms with Crippen LogP contribution in [0, 0.1) is 5.92 Å². The summed E-state index contributed by atoms with van der Waals surface area (Å²) in [5.74, 6) is -0.933. The van der Waals surface area contributed by atoms with E-state index >= 15 is 0 Å². The zero-order valence-electron chi connectivity index (χ0n) is 9.59. The second kappa shape index (κ2) is 6.23. The van der Waals surface area contributed by atoms with E-state index in [9.17, 15) is 4.79 Å². The number of pyridine rings is 1. The van der Waals surface area contributed by atoms with Crippen molar-refractivity contribution < 1.29 is 14.6 Å². The Bertz CT molecular complexity index is 324. The average Bonchev–Trinajstić information content (AvgIpc) is 2.24. The fourth-order valence-electron chi connectivity index (χ4n) is 1.39. The third-order valence-electron chi connectivity index (χ3n) is 2.23. The molecule has 0 radical (unpaired) electrons. The predicted molar refractivity (Wildman–Crippen MR) is 60.2 cm³/mol. The second-order valence-electron chi connectivity index (χ2n) is 3.94. The van der Waals surface area contributed by atoms with Crippen molar-refractivity contribution in [2.45, 2.75) is 26.4 Å². The van der Waals surface area contributed by atoms with Gasteiger partial charge in [-0.3, -0.25) is 4.98 Å². The highest BCUT2D eigenvalue weighted by atomic mass is 16.5. The van der Waals surface area contributed by atoms with Gasteiger partial charge in [0.05, 0.1) is 6.61 Å². The number of carbonyl (C=O) groups is 1. The summed E-state index contributed by atoms with van der Waals surface area (Å²) in [6.07, 6.45) is 1.62. The minimum Gasteiger partial charge on any atom is -0.479 e. The maximum absolute atomic E-state index is 10.8. The van der Waals surface area contributed by atoms with Gasteiger partial charge in [-0.1, -0.05) is 19.9 Å². The Morgan fingerprint density at radius 3 is 2.75 bits per heavy atom. The highest BCUT2D eigenvalue weighted by molar-refractivity contribution is 5.72. The number of carboxylic acids is 1. The third kappa shape index (κ3) is 3.98. The van der Waals surface area contributed by atoms with Crippen LogP contribution in [0.3, 0.4) is 0 Å². The lowest BCUT2D eigenvalue weighted by molar-refractivity contribution is -0.153. The van der Waals surface area contributed by atoms with Gasteiger partial charge in [0.1, 0.15) is 0 Å². The predicted octanol–water partition coefficient (Wildman–Crippen LogP) is 1.75. The van der Waals surface area contributed by atoms with Gasteiger partial charge in [-0.2, -0.15) is 0 Å². The number of carboxylic acid groups (broad SMARTS) is 1. The van der Waals surface area contributed by atoms with Gasteiger partial charge in [0, 0.05) is 18.3 Å². The molecule has 0 aliphatic carbocycles. The van der Waals surface area contributed by atoms with Crippen LogP contribution in [0.25, 0.3) is 0 Å². The Morgan fingerprint density at radius 2 is 2.25 bits per heavy atom. The molecule has 88 valence electrons. The minimum absolute atomic E-state index is 0.0266. The summed E-state index contributed by atoms with van der Waals surface area (Å²) < 4.78 is 5.33. The highest BCUT2D eigenvalue weighted by Gasteiger charge is 2.21. The van der Waals surface area contributed by atoms with Gasteiger partial charge >= 0.3 is 5.97 Å². The first-order chi connectivity index (χ1) is 7.61. The second-order valence-corrected chi connectivity index (χ2v) is 3.94. The molecule has 1 aromatic rings. The molecule has 4 nitrogen and oxygen atoms in total. The summed E-state index contributed by atoms with van der Waals surface area (Å²) in [4.78, 5) is 15.0. The summed E-state index contributed by atoms with van der Waals surface area (Å²) in [6.45, 7) is 4.05. The SMILES string of the molecule is CC(C)C(OCCc1ccccn1)C(=O)O. The van der Waals surface area contributed by atoms with Crippen molar-refractivity contribution in [3.63, 3.8) is 0 Å². The van der Waals surface area contributed by atoms with E-state index in [1.807, 2.05) is 32.0 Å². The lowest BCUT2D eigenvalue weighted by Crippen LogP contribution is -2.30. The Hall–Kier alpha value is -1.42. The molecule has 0 aliphatic rings. The first kappa shape index (κ1) is 12.6. The highest BCUT2D eigenvalue weighted by Crippen LogP contribution is 2.07. The summed E-state index contributed by atoms with van der Waals surface area (Å²) in [7, 11) is 0. The molecule has 0 amide bonds. The van der Waals surface area contributed by atoms with E-state index in [1.54, 1.807) is 6.20 Å². The molecule has 0 spiro atoms. The molecule has 1 heterocycles. The monoisotopic (exact) mass is 223 g/mol. The van der Waals surface area contributed by atoms with Gasteiger partial charge in [0.25, 0.3) is 0 Å². The van der Waals surface area contributed by atoms with Crippen LogP contribution >= 0.6 is 0 Å². The molecule has 0 fully saturated rings. The van der Waals surface area contributed by atoms with Crippen LogP contribution < -0.4 is 0 Å². The fourth-order valence-corrected chi connectivity index (χ4v) is 1.39. The number of nitrogens with zero attached hydrogens (tertiary/aromatic N) is 1. The Balaban J connectivity index is 2.37. The molecule has 0 saturated heterocycles. The van der Waals surface area contributed by atoms with Crippen molar-refractivity contribution >= 4 is 5.97 Å². The average molecular weight is 223 g/mol. The maximum Gasteiger partial charge on any atom is 0.333 e. The van der Waals surface area contributed by atoms with Gasteiger partial charge in [-0.05, 0) is 18.1 Å². The molecular formula is C12H17NO3. The van der Waals surface area contributed by atoms with Crippen molar-refractivity contribution in [2.75, 3.05) is 6.61 Å². The molecule has 1 unspecified atom stereocenters. The van der Waals surface area contributed by atoms with Crippen LogP contribution in [-0.2, 0) is 16.0 Å². The molecule has 4 heteroatoms. The van der Waals surface area contributed by atoms with E-state index in [1.165, 1.54) is 0 Å². The molecule has 1 N–H and O–H groups in total. The maximum atomic E-state index is 10.8. The summed E-state index contributed by atoms with van der Waals surface area (Å²) in [6, 6.07) is 5.65. The van der Waals surface area contributed by atoms with Crippen molar-refractivity contribution in [1.29, 1.82) is 0 Å². The molecule has 0 saturated carbocycles. The number of rotatable bonds is 6. The van der Waals surface area contributed by atoms with Crippen LogP contribution in [0.2, 0.25) is 0 Å². The number of aromatic nitrogens is 1. The third-order valence-corrected chi connectivity index (χ3v) is 2.23. The van der Waals surface area contributed by atoms with Crippen molar-refractivity contribution in [3.05, 3.63) is 30.1 Å². The van der Waals surface area contributed by atoms with Crippen LogP contribution in [0.4, 0.5) is 0 Å². The molecule has 1 aromatic heterocycles. The van der Waals surface area contributed by atoms with Crippen LogP contribution in [0.5, 0.6) is 0 Å². The van der Waals surface area contributed by atoms with E-state index in [0.29, 0.717) is 13.0 Å². The van der Waals surface area contributed by atoms with E-state index in [0.717, 1.165) is 5.69 Å². The van der Waals surface area contributed by atoms with Gasteiger partial charge in [0.2, 0.25) is 0 Å². The number of hydrogen-bond donors (Lipinski definition) is 1. The standard InChI is InChI=1S/C12H17NO3/c1-9(2)11(12(14)15)16-8-6-10-5-3-4-7-13-10/h3-5,7,9,11H,6,8H2,1-2H3,(H,14,15). The first-order valence-electron chi connectivity index (χ1n) is 5.35. The zero-order valence-corrected chi connectivity index (χ0v) is 9.59. The quantitative estimate of drug-likeness (QED) is 0.798. The van der Waals surface area contributed by atoms with Gasteiger partial charge in [-0.15, -0.1) is 0 Å². The number of hydrogen-bond acceptors (Lipinski definition) is 3. The topological polar surface area (TPSA) is 59.4 Å². The molecule has 1 rings (SSSR count). The van der Waals surface area contributed by atoms with Gasteiger partial charge in [0.15, 0.2) is 6.10 Å². The summed E-state index contributed by atoms with van der Waals surface area (Å²) in [5.41, 5.74) is 0.912. The molecule has 0 aromatic carbocycles. The Kier molecular flexibility index (Phi) is 4.92. The van der Waals surface area contributed by atoms with Crippen molar-refractivity contribution in [3.8, 4) is 0 Å². The Morgan fingerprint density at radius 1 is 1.50 bits per heavy atom. The molecule has 1 atom stereocenters. The van der Waals surface area contributed by atoms with Gasteiger partial charge < -0.3 is 9.84 Å². The van der Waals surface area contributed by atoms with Crippen LogP contribution in [-0.4, -0.2) is 28.8 Å². The van der Waals surface area contributed by atoms with E-state index < -0.39 is 12.1 Å². The molecule has 16 heavy (non-hydrogen) atoms. The van der Waals surface area contributed by atoms with Crippen molar-refractivity contribution in [1.82, 2.24) is 4.98 Å². The van der Waals surface area contributed by atoms with Gasteiger partial charge in [-0.25, -0.2) is 4.79 Å². The fraction of sp³-hybridized carbons (Fsp3) is 0.500. The van der Waals surface area contributed by atoms with Crippen LogP contribution in [0.1, 0.15) is 19.5 Å². The Labute approximate surface area is 95.3 Å². The van der Waals surface area contributed by atoms with Crippen molar-refractivity contribution in [2.24, 2.45) is 5.92 Å². The van der Waals surface area contributed by atoms with E-state index in [4.69, 9.17) is 9.84 Å². The lowest BCUT2D eigenvalue weighted by atomic mass is 10.1. The summed E-state index contributed by atoms with van der Waals surface area (Å²) in [5, 5.41) is 8.90. The van der Waals surface area contributed by atoms with E-state index in [2.05, 4.69) is 4.98 Å². The molecule has 0 bridgehead atoms. The zero-order chi connectivity index (χ0) is 12.0. The minimum atomic E-state index is -0.906. The smallest absolute Gasteiger partial charge is 0.333 e. The van der Waals surface area contributed by atoms with Crippen LogP contribution in [0.15, 0.2) is 24.4 Å². The number of ether oxygens (including phenoxy) is 1. The largest absolute Gasteiger partial charge is 0.479 e. The number of aliphatic carboxylic acids is 1.